The summed E-state index contributed by atoms with van der Waals surface area (Å²) in [5, 5.41) is 0. The minimum Gasteiger partial charge on any atom is -0.487 e. The Morgan fingerprint density at radius 2 is 1.85 bits per heavy atom. The molecule has 1 atom stereocenters. The third kappa shape index (κ3) is 4.79. The zero-order valence-electron chi connectivity index (χ0n) is 19.5. The quantitative estimate of drug-likeness (QED) is 0.555. The van der Waals surface area contributed by atoms with Gasteiger partial charge in [0.1, 0.15) is 11.4 Å². The van der Waals surface area contributed by atoms with E-state index in [1.54, 1.807) is 12.1 Å². The van der Waals surface area contributed by atoms with Gasteiger partial charge in [-0.2, -0.15) is 0 Å². The summed E-state index contributed by atoms with van der Waals surface area (Å²) in [7, 11) is -3.86. The highest BCUT2D eigenvalue weighted by Crippen LogP contribution is 2.43. The van der Waals surface area contributed by atoms with Crippen LogP contribution in [0.4, 0.5) is 0 Å². The average Bonchev–Trinajstić information content (AvgIpc) is 3.38. The van der Waals surface area contributed by atoms with Crippen LogP contribution in [-0.4, -0.2) is 44.2 Å². The van der Waals surface area contributed by atoms with Crippen molar-refractivity contribution in [1.29, 1.82) is 0 Å². The van der Waals surface area contributed by atoms with Gasteiger partial charge < -0.3 is 9.64 Å². The molecule has 0 bridgehead atoms. The maximum Gasteiger partial charge on any atom is 0.255 e. The molecule has 0 saturated carbocycles. The number of benzene rings is 2. The van der Waals surface area contributed by atoms with Gasteiger partial charge in [-0.1, -0.05) is 32.0 Å². The first-order chi connectivity index (χ1) is 15.8. The van der Waals surface area contributed by atoms with Crippen molar-refractivity contribution in [2.24, 2.45) is 0 Å². The van der Waals surface area contributed by atoms with E-state index in [1.165, 1.54) is 17.8 Å². The van der Waals surface area contributed by atoms with E-state index in [4.69, 9.17) is 4.74 Å². The summed E-state index contributed by atoms with van der Waals surface area (Å²) < 4.78 is 36.3. The highest BCUT2D eigenvalue weighted by atomic mass is 32.2. The summed E-state index contributed by atoms with van der Waals surface area (Å²) in [5.41, 5.74) is 0.880. The fourth-order valence-electron chi connectivity index (χ4n) is 4.77. The number of nitrogens with one attached hydrogen (secondary N) is 1. The molecule has 33 heavy (non-hydrogen) atoms. The van der Waals surface area contributed by atoms with Crippen LogP contribution in [0.25, 0.3) is 0 Å². The van der Waals surface area contributed by atoms with Crippen LogP contribution in [0.1, 0.15) is 67.9 Å². The molecular weight excluding hydrogens is 456 g/mol. The molecule has 4 rings (SSSR count). The van der Waals surface area contributed by atoms with Crippen LogP contribution in [0, 0.1) is 0 Å². The summed E-state index contributed by atoms with van der Waals surface area (Å²) in [6.45, 7) is 5.58. The van der Waals surface area contributed by atoms with Crippen LogP contribution in [0.3, 0.4) is 0 Å². The summed E-state index contributed by atoms with van der Waals surface area (Å²) in [4.78, 5) is 15.8. The molecule has 0 aromatic heterocycles. The zero-order chi connectivity index (χ0) is 23.6. The minimum atomic E-state index is -3.86. The Bertz CT molecular complexity index is 1120. The number of hydrogen-bond donors (Lipinski definition) is 1. The van der Waals surface area contributed by atoms with Gasteiger partial charge in [0.2, 0.25) is 10.0 Å². The molecule has 1 N–H and O–H groups in total. The van der Waals surface area contributed by atoms with Gasteiger partial charge >= 0.3 is 0 Å². The monoisotopic (exact) mass is 488 g/mol. The van der Waals surface area contributed by atoms with Crippen molar-refractivity contribution >= 4 is 27.7 Å². The van der Waals surface area contributed by atoms with Crippen molar-refractivity contribution in [3.8, 4) is 5.75 Å². The summed E-state index contributed by atoms with van der Waals surface area (Å²) in [5.74, 6) is 0.629. The summed E-state index contributed by atoms with van der Waals surface area (Å²) >= 11 is 1.45. The predicted molar refractivity (Wildman–Crippen MR) is 131 cm³/mol. The number of para-hydroxylation sites is 1. The lowest BCUT2D eigenvalue weighted by Gasteiger charge is -2.41. The zero-order valence-corrected chi connectivity index (χ0v) is 21.1. The topological polar surface area (TPSA) is 75.7 Å². The fourth-order valence-corrected chi connectivity index (χ4v) is 6.59. The maximum absolute atomic E-state index is 13.5. The maximum atomic E-state index is 13.5. The molecule has 1 saturated heterocycles. The van der Waals surface area contributed by atoms with Crippen LogP contribution in [-0.2, 0) is 10.0 Å². The van der Waals surface area contributed by atoms with E-state index in [-0.39, 0.29) is 10.8 Å². The van der Waals surface area contributed by atoms with E-state index in [2.05, 4.69) is 18.6 Å². The molecular formula is C25H32N2O4S2. The van der Waals surface area contributed by atoms with Gasteiger partial charge in [0.15, 0.2) is 0 Å². The molecule has 2 heterocycles. The number of hydrogen-bond acceptors (Lipinski definition) is 5. The number of amides is 1. The van der Waals surface area contributed by atoms with Gasteiger partial charge in [0.25, 0.3) is 5.91 Å². The second kappa shape index (κ2) is 9.68. The third-order valence-corrected chi connectivity index (χ3v) is 9.15. The highest BCUT2D eigenvalue weighted by Gasteiger charge is 2.40. The molecule has 2 aromatic rings. The van der Waals surface area contributed by atoms with E-state index in [0.717, 1.165) is 55.0 Å². The van der Waals surface area contributed by atoms with E-state index in [1.807, 2.05) is 35.4 Å². The second-order valence-corrected chi connectivity index (χ2v) is 11.3. The van der Waals surface area contributed by atoms with Gasteiger partial charge in [0, 0.05) is 30.0 Å². The Morgan fingerprint density at radius 1 is 1.15 bits per heavy atom. The first kappa shape index (κ1) is 24.1. The Labute approximate surface area is 201 Å². The lowest BCUT2D eigenvalue weighted by atomic mass is 9.84. The number of likely N-dealkylation sites (tertiary alicyclic amines) is 1. The van der Waals surface area contributed by atoms with Gasteiger partial charge in [0.05, 0.1) is 16.5 Å². The number of sulfonamides is 1. The summed E-state index contributed by atoms with van der Waals surface area (Å²) in [6, 6.07) is 12.1. The highest BCUT2D eigenvalue weighted by molar-refractivity contribution is 7.98. The van der Waals surface area contributed by atoms with Crippen molar-refractivity contribution < 1.29 is 17.9 Å². The van der Waals surface area contributed by atoms with Crippen LogP contribution in [0.5, 0.6) is 5.75 Å². The Balaban J connectivity index is 1.67. The lowest BCUT2D eigenvalue weighted by Crippen LogP contribution is -2.44. The van der Waals surface area contributed by atoms with Gasteiger partial charge in [-0.15, -0.1) is 11.8 Å². The lowest BCUT2D eigenvalue weighted by molar-refractivity contribution is 0.0260. The number of rotatable bonds is 7. The SMILES string of the molecule is CCC1(CC)C[C@@H](NS(=O)(=O)c2ccc(SC)c(C(=O)N3CCCC3)c2)c2ccccc2O1. The van der Waals surface area contributed by atoms with Crippen molar-refractivity contribution in [2.75, 3.05) is 19.3 Å². The van der Waals surface area contributed by atoms with E-state index >= 15 is 0 Å². The first-order valence-electron chi connectivity index (χ1n) is 11.6. The Hall–Kier alpha value is -2.03. The second-order valence-electron chi connectivity index (χ2n) is 8.77. The number of carbonyl (C=O) groups excluding carboxylic acids is 1. The van der Waals surface area contributed by atoms with Gasteiger partial charge in [-0.05, 0) is 56.2 Å². The molecule has 0 unspecified atom stereocenters. The normalized spacial score (nSPS) is 19.7. The molecule has 1 amide bonds. The van der Waals surface area contributed by atoms with Gasteiger partial charge in [-0.3, -0.25) is 4.79 Å². The van der Waals surface area contributed by atoms with Crippen molar-refractivity contribution in [3.63, 3.8) is 0 Å². The Kier molecular flexibility index (Phi) is 7.07. The molecule has 2 aliphatic rings. The molecule has 0 radical (unpaired) electrons. The number of ether oxygens (including phenoxy) is 1. The predicted octanol–water partition coefficient (Wildman–Crippen LogP) is 5.01. The molecule has 0 spiro atoms. The molecule has 2 aliphatic heterocycles. The van der Waals surface area contributed by atoms with E-state index in [9.17, 15) is 13.2 Å². The number of fused-ring (bicyclic) bond motifs is 1. The summed E-state index contributed by atoms with van der Waals surface area (Å²) in [6.07, 6.45) is 5.99. The number of nitrogens with zero attached hydrogens (tertiary/aromatic N) is 1. The molecule has 178 valence electrons. The van der Waals surface area contributed by atoms with Crippen LogP contribution >= 0.6 is 11.8 Å². The number of carbonyl (C=O) groups is 1. The van der Waals surface area contributed by atoms with E-state index in [0.29, 0.717) is 12.0 Å². The molecule has 6 nitrogen and oxygen atoms in total. The molecule has 0 aliphatic carbocycles. The molecule has 1 fully saturated rings. The Morgan fingerprint density at radius 3 is 2.52 bits per heavy atom. The van der Waals surface area contributed by atoms with E-state index < -0.39 is 21.7 Å². The minimum absolute atomic E-state index is 0.0960. The fraction of sp³-hybridized carbons (Fsp3) is 0.480. The van der Waals surface area contributed by atoms with Crippen LogP contribution < -0.4 is 9.46 Å². The largest absolute Gasteiger partial charge is 0.487 e. The van der Waals surface area contributed by atoms with Crippen molar-refractivity contribution in [3.05, 3.63) is 53.6 Å². The van der Waals surface area contributed by atoms with Crippen molar-refractivity contribution in [2.45, 2.75) is 67.4 Å². The average molecular weight is 489 g/mol. The van der Waals surface area contributed by atoms with Crippen molar-refractivity contribution in [1.82, 2.24) is 9.62 Å². The third-order valence-electron chi connectivity index (χ3n) is 6.89. The smallest absolute Gasteiger partial charge is 0.255 e. The number of thioether (sulfide) groups is 1. The standard InChI is InChI=1S/C25H32N2O4S2/c1-4-25(5-2)17-21(19-10-6-7-11-22(19)31-25)26-33(29,30)18-12-13-23(32-3)20(16-18)24(28)27-14-8-9-15-27/h6-7,10-13,16,21,26H,4-5,8-9,14-15,17H2,1-3H3/t21-/m1/s1. The molecule has 2 aromatic carbocycles. The van der Waals surface area contributed by atoms with Crippen LogP contribution in [0.2, 0.25) is 0 Å². The van der Waals surface area contributed by atoms with Crippen LogP contribution in [0.15, 0.2) is 52.3 Å². The molecule has 8 heteroatoms. The van der Waals surface area contributed by atoms with Gasteiger partial charge in [-0.25, -0.2) is 13.1 Å². The first-order valence-corrected chi connectivity index (χ1v) is 14.3.